The molecule has 1 aliphatic heterocycles. The molecule has 1 unspecified atom stereocenters. The first kappa shape index (κ1) is 18.7. The van der Waals surface area contributed by atoms with Gasteiger partial charge in [0.25, 0.3) is 0 Å². The first-order valence-corrected chi connectivity index (χ1v) is 10.5. The molecule has 30 heavy (non-hydrogen) atoms. The van der Waals surface area contributed by atoms with Gasteiger partial charge in [-0.1, -0.05) is 58.9 Å². The van der Waals surface area contributed by atoms with Crippen LogP contribution in [0.15, 0.2) is 58.2 Å². The molecule has 0 fully saturated rings. The normalized spacial score (nSPS) is 15.3. The molecule has 2 aromatic heterocycles. The number of fused-ring (bicyclic) bond motifs is 1. The number of thioether (sulfide) groups is 1. The van der Waals surface area contributed by atoms with Crippen LogP contribution in [0.4, 0.5) is 0 Å². The quantitative estimate of drug-likeness (QED) is 0.447. The maximum atomic E-state index is 6.04. The molecular weight excluding hydrogens is 402 g/mol. The zero-order valence-corrected chi connectivity index (χ0v) is 17.3. The minimum absolute atomic E-state index is 0.316. The molecule has 2 aromatic carbocycles. The highest BCUT2D eigenvalue weighted by atomic mass is 32.2. The lowest BCUT2D eigenvalue weighted by atomic mass is 10.1. The van der Waals surface area contributed by atoms with E-state index in [0.717, 1.165) is 16.5 Å². The predicted octanol–water partition coefficient (Wildman–Crippen LogP) is 3.98. The van der Waals surface area contributed by atoms with Gasteiger partial charge in [0.05, 0.1) is 5.75 Å². The van der Waals surface area contributed by atoms with E-state index in [2.05, 4.69) is 20.3 Å². The van der Waals surface area contributed by atoms with Crippen molar-refractivity contribution >= 4 is 11.8 Å². The summed E-state index contributed by atoms with van der Waals surface area (Å²) in [5, 5.41) is 13.4. The fraction of sp³-hybridized carbons (Fsp3) is 0.238. The molecule has 0 amide bonds. The Morgan fingerprint density at radius 1 is 1.07 bits per heavy atom. The van der Waals surface area contributed by atoms with Gasteiger partial charge < -0.3 is 18.6 Å². The Labute approximate surface area is 177 Å². The summed E-state index contributed by atoms with van der Waals surface area (Å²) in [5.74, 6) is 3.77. The number of ether oxygens (including phenoxy) is 2. The summed E-state index contributed by atoms with van der Waals surface area (Å²) < 4.78 is 19.1. The molecule has 0 radical (unpaired) electrons. The molecule has 0 spiro atoms. The second-order valence-corrected chi connectivity index (χ2v) is 7.87. The average molecular weight is 421 g/mol. The minimum Gasteiger partial charge on any atom is -0.485 e. The van der Waals surface area contributed by atoms with Crippen LogP contribution in [0.25, 0.3) is 11.4 Å². The first-order valence-electron chi connectivity index (χ1n) is 9.47. The fourth-order valence-electron chi connectivity index (χ4n) is 3.14. The van der Waals surface area contributed by atoms with Gasteiger partial charge in [-0.15, -0.1) is 10.2 Å². The van der Waals surface area contributed by atoms with Crippen LogP contribution in [0.2, 0.25) is 0 Å². The number of hydrogen-bond acceptors (Lipinski definition) is 8. The van der Waals surface area contributed by atoms with Gasteiger partial charge in [0.2, 0.25) is 11.7 Å². The summed E-state index contributed by atoms with van der Waals surface area (Å²) >= 11 is 1.48. The summed E-state index contributed by atoms with van der Waals surface area (Å²) in [4.78, 5) is 4.48. The van der Waals surface area contributed by atoms with Crippen LogP contribution in [0.3, 0.4) is 0 Å². The van der Waals surface area contributed by atoms with Gasteiger partial charge in [-0.05, 0) is 19.1 Å². The summed E-state index contributed by atoms with van der Waals surface area (Å²) in [5.41, 5.74) is 2.11. The highest BCUT2D eigenvalue weighted by Gasteiger charge is 2.27. The largest absolute Gasteiger partial charge is 0.485 e. The van der Waals surface area contributed by atoms with E-state index in [1.165, 1.54) is 17.3 Å². The van der Waals surface area contributed by atoms with Crippen LogP contribution in [0, 0.1) is 6.92 Å². The van der Waals surface area contributed by atoms with E-state index in [9.17, 15) is 0 Å². The third kappa shape index (κ3) is 3.63. The lowest BCUT2D eigenvalue weighted by Crippen LogP contribution is -2.24. The van der Waals surface area contributed by atoms with Crippen LogP contribution in [-0.4, -0.2) is 31.5 Å². The van der Waals surface area contributed by atoms with Gasteiger partial charge in [-0.3, -0.25) is 0 Å². The Bertz CT molecular complexity index is 1170. The number of rotatable bonds is 5. The third-order valence-corrected chi connectivity index (χ3v) is 5.77. The van der Waals surface area contributed by atoms with Crippen molar-refractivity contribution in [3.63, 3.8) is 0 Å². The van der Waals surface area contributed by atoms with Crippen molar-refractivity contribution < 1.29 is 14.0 Å². The Kier molecular flexibility index (Phi) is 4.88. The molecule has 0 aliphatic carbocycles. The lowest BCUT2D eigenvalue weighted by molar-refractivity contribution is 0.0825. The van der Waals surface area contributed by atoms with Gasteiger partial charge in [-0.25, -0.2) is 0 Å². The van der Waals surface area contributed by atoms with Crippen LogP contribution in [-0.2, 0) is 12.8 Å². The second kappa shape index (κ2) is 7.83. The second-order valence-electron chi connectivity index (χ2n) is 6.93. The Balaban J connectivity index is 1.26. The van der Waals surface area contributed by atoms with Gasteiger partial charge in [0.15, 0.2) is 28.6 Å². The van der Waals surface area contributed by atoms with Crippen LogP contribution < -0.4 is 9.47 Å². The summed E-state index contributed by atoms with van der Waals surface area (Å²) in [7, 11) is 1.91. The van der Waals surface area contributed by atoms with Crippen molar-refractivity contribution in [1.82, 2.24) is 24.9 Å². The predicted molar refractivity (Wildman–Crippen MR) is 110 cm³/mol. The molecule has 152 valence electrons. The minimum atomic E-state index is -0.316. The molecule has 0 N–H and O–H groups in total. The molecule has 5 rings (SSSR count). The zero-order valence-electron chi connectivity index (χ0n) is 16.5. The van der Waals surface area contributed by atoms with E-state index >= 15 is 0 Å². The Hall–Kier alpha value is -3.33. The average Bonchev–Trinajstić information content (AvgIpc) is 3.39. The van der Waals surface area contributed by atoms with Gasteiger partial charge >= 0.3 is 0 Å². The van der Waals surface area contributed by atoms with Crippen LogP contribution in [0.5, 0.6) is 11.5 Å². The number of aromatic nitrogens is 5. The van der Waals surface area contributed by atoms with Crippen molar-refractivity contribution in [2.45, 2.75) is 23.9 Å². The first-order chi connectivity index (χ1) is 14.7. The van der Waals surface area contributed by atoms with E-state index in [-0.39, 0.29) is 6.10 Å². The van der Waals surface area contributed by atoms with Crippen molar-refractivity contribution in [2.75, 3.05) is 6.61 Å². The SMILES string of the molecule is Cc1ccc(-c2noc(CSc3nnc(C4COc5ccccc5O4)n3C)n2)cc1. The Morgan fingerprint density at radius 2 is 1.87 bits per heavy atom. The molecule has 9 heteroatoms. The third-order valence-electron chi connectivity index (χ3n) is 4.77. The van der Waals surface area contributed by atoms with Crippen LogP contribution >= 0.6 is 11.8 Å². The number of aryl methyl sites for hydroxylation is 1. The van der Waals surface area contributed by atoms with Crippen molar-refractivity contribution in [1.29, 1.82) is 0 Å². The van der Waals surface area contributed by atoms with Gasteiger partial charge in [0, 0.05) is 12.6 Å². The topological polar surface area (TPSA) is 88.1 Å². The van der Waals surface area contributed by atoms with E-state index in [1.807, 2.05) is 67.1 Å². The highest BCUT2D eigenvalue weighted by molar-refractivity contribution is 7.98. The smallest absolute Gasteiger partial charge is 0.237 e. The Morgan fingerprint density at radius 3 is 2.70 bits per heavy atom. The van der Waals surface area contributed by atoms with Crippen molar-refractivity contribution in [2.24, 2.45) is 7.05 Å². The molecule has 3 heterocycles. The summed E-state index contributed by atoms with van der Waals surface area (Å²) in [6, 6.07) is 15.6. The van der Waals surface area contributed by atoms with Crippen molar-refractivity contribution in [3.05, 3.63) is 65.8 Å². The molecule has 1 aliphatic rings. The molecule has 1 atom stereocenters. The van der Waals surface area contributed by atoms with E-state index in [0.29, 0.717) is 35.6 Å². The molecule has 0 saturated carbocycles. The zero-order chi connectivity index (χ0) is 20.5. The highest BCUT2D eigenvalue weighted by Crippen LogP contribution is 2.36. The lowest BCUT2D eigenvalue weighted by Gasteiger charge is -2.25. The van der Waals surface area contributed by atoms with E-state index < -0.39 is 0 Å². The van der Waals surface area contributed by atoms with Gasteiger partial charge in [-0.2, -0.15) is 4.98 Å². The monoisotopic (exact) mass is 421 g/mol. The van der Waals surface area contributed by atoms with E-state index in [1.54, 1.807) is 0 Å². The molecular formula is C21H19N5O3S. The molecule has 4 aromatic rings. The standard InChI is InChI=1S/C21H19N5O3S/c1-13-7-9-14(10-8-13)19-22-18(29-25-19)12-30-21-24-23-20(26(21)2)17-11-27-15-5-3-4-6-16(15)28-17/h3-10,17H,11-12H2,1-2H3. The fourth-order valence-corrected chi connectivity index (χ4v) is 3.89. The number of hydrogen-bond donors (Lipinski definition) is 0. The molecule has 0 saturated heterocycles. The van der Waals surface area contributed by atoms with Crippen LogP contribution in [0.1, 0.15) is 23.4 Å². The number of nitrogens with zero attached hydrogens (tertiary/aromatic N) is 5. The number of para-hydroxylation sites is 2. The maximum Gasteiger partial charge on any atom is 0.237 e. The number of benzene rings is 2. The summed E-state index contributed by atoms with van der Waals surface area (Å²) in [6.45, 7) is 2.43. The van der Waals surface area contributed by atoms with Crippen molar-refractivity contribution in [3.8, 4) is 22.9 Å². The molecule has 8 nitrogen and oxygen atoms in total. The van der Waals surface area contributed by atoms with Gasteiger partial charge in [0.1, 0.15) is 6.61 Å². The van der Waals surface area contributed by atoms with E-state index in [4.69, 9.17) is 14.0 Å². The summed E-state index contributed by atoms with van der Waals surface area (Å²) in [6.07, 6.45) is -0.316. The molecule has 0 bridgehead atoms. The maximum absolute atomic E-state index is 6.04.